The van der Waals surface area contributed by atoms with Crippen LogP contribution in [0.2, 0.25) is 0 Å². The zero-order valence-electron chi connectivity index (χ0n) is 7.42. The van der Waals surface area contributed by atoms with Crippen molar-refractivity contribution in [3.05, 3.63) is 0 Å². The number of hydrogen-bond donors (Lipinski definition) is 1. The van der Waals surface area contributed by atoms with Gasteiger partial charge in [0.25, 0.3) is 0 Å². The van der Waals surface area contributed by atoms with Gasteiger partial charge in [-0.3, -0.25) is 15.2 Å². The first-order chi connectivity index (χ1) is 5.84. The van der Waals surface area contributed by atoms with Gasteiger partial charge >= 0.3 is 0 Å². The van der Waals surface area contributed by atoms with Crippen molar-refractivity contribution in [2.75, 3.05) is 6.67 Å². The summed E-state index contributed by atoms with van der Waals surface area (Å²) in [4.78, 5) is 15.2. The van der Waals surface area contributed by atoms with Gasteiger partial charge in [-0.05, 0) is 6.42 Å². The monoisotopic (exact) mass is 169 g/mol. The molecule has 0 aromatic rings. The molecule has 0 bridgehead atoms. The largest absolute Gasteiger partial charge is 0.284 e. The summed E-state index contributed by atoms with van der Waals surface area (Å²) >= 11 is 0. The Morgan fingerprint density at radius 3 is 3.08 bits per heavy atom. The Balaban J connectivity index is 2.11. The molecule has 0 saturated carbocycles. The van der Waals surface area contributed by atoms with E-state index in [9.17, 15) is 4.79 Å². The van der Waals surface area contributed by atoms with Crippen LogP contribution in [-0.4, -0.2) is 23.9 Å². The fourth-order valence-electron chi connectivity index (χ4n) is 1.09. The van der Waals surface area contributed by atoms with Crippen LogP contribution >= 0.6 is 0 Å². The van der Waals surface area contributed by atoms with Gasteiger partial charge in [-0.25, -0.2) is 5.01 Å². The van der Waals surface area contributed by atoms with Crippen LogP contribution in [0.5, 0.6) is 0 Å². The minimum atomic E-state index is 0.140. The molecule has 1 aliphatic rings. The van der Waals surface area contributed by atoms with Gasteiger partial charge in [0.15, 0.2) is 0 Å². The molecule has 0 unspecified atom stereocenters. The number of unbranched alkanes of at least 4 members (excludes halogenated alkanes) is 2. The molecule has 1 aliphatic heterocycles. The highest BCUT2D eigenvalue weighted by Crippen LogP contribution is 2.02. The van der Waals surface area contributed by atoms with Gasteiger partial charge in [-0.1, -0.05) is 19.8 Å². The van der Waals surface area contributed by atoms with Gasteiger partial charge in [0.2, 0.25) is 5.91 Å². The number of carbonyl (C=O) groups is 1. The third-order valence-electron chi connectivity index (χ3n) is 1.82. The molecular weight excluding hydrogens is 154 g/mol. The topological polar surface area (TPSA) is 44.7 Å². The molecule has 0 atom stereocenters. The smallest absolute Gasteiger partial charge is 0.242 e. The quantitative estimate of drug-likeness (QED) is 0.635. The Morgan fingerprint density at radius 1 is 1.67 bits per heavy atom. The predicted octanol–water partition coefficient (Wildman–Crippen LogP) is 0.899. The van der Waals surface area contributed by atoms with Crippen molar-refractivity contribution >= 4 is 12.2 Å². The predicted molar refractivity (Wildman–Crippen MR) is 47.5 cm³/mol. The summed E-state index contributed by atoms with van der Waals surface area (Å²) in [7, 11) is 0. The number of hydrogen-bond acceptors (Lipinski definition) is 3. The summed E-state index contributed by atoms with van der Waals surface area (Å²) < 4.78 is 0. The highest BCUT2D eigenvalue weighted by atomic mass is 16.2. The first-order valence-corrected chi connectivity index (χ1v) is 4.39. The van der Waals surface area contributed by atoms with E-state index in [-0.39, 0.29) is 5.91 Å². The Hall–Kier alpha value is -1.06. The number of rotatable bonds is 4. The van der Waals surface area contributed by atoms with Crippen LogP contribution in [-0.2, 0) is 4.79 Å². The van der Waals surface area contributed by atoms with E-state index in [0.717, 1.165) is 19.3 Å². The lowest BCUT2D eigenvalue weighted by molar-refractivity contribution is -0.132. The van der Waals surface area contributed by atoms with E-state index in [4.69, 9.17) is 0 Å². The van der Waals surface area contributed by atoms with Crippen LogP contribution in [0.15, 0.2) is 4.99 Å². The Labute approximate surface area is 72.6 Å². The second kappa shape index (κ2) is 4.74. The average molecular weight is 169 g/mol. The number of nitrogens with zero attached hydrogens (tertiary/aromatic N) is 2. The molecule has 1 amide bonds. The summed E-state index contributed by atoms with van der Waals surface area (Å²) in [6.45, 7) is 2.59. The van der Waals surface area contributed by atoms with Crippen LogP contribution in [0.3, 0.4) is 0 Å². The molecule has 68 valence electrons. The fraction of sp³-hybridized carbons (Fsp3) is 0.750. The van der Waals surface area contributed by atoms with Crippen molar-refractivity contribution in [3.63, 3.8) is 0 Å². The SMILES string of the molecule is CCCCCC(=O)N1CN=CN1. The van der Waals surface area contributed by atoms with Gasteiger partial charge in [0.05, 0.1) is 0 Å². The maximum atomic E-state index is 11.3. The van der Waals surface area contributed by atoms with Crippen molar-refractivity contribution in [2.24, 2.45) is 4.99 Å². The van der Waals surface area contributed by atoms with Crippen LogP contribution in [0.4, 0.5) is 0 Å². The summed E-state index contributed by atoms with van der Waals surface area (Å²) in [6.07, 6.45) is 5.44. The maximum absolute atomic E-state index is 11.3. The van der Waals surface area contributed by atoms with E-state index in [2.05, 4.69) is 17.3 Å². The van der Waals surface area contributed by atoms with E-state index in [1.165, 1.54) is 5.01 Å². The number of nitrogens with one attached hydrogen (secondary N) is 1. The molecule has 1 heterocycles. The average Bonchev–Trinajstić information content (AvgIpc) is 2.56. The van der Waals surface area contributed by atoms with Crippen LogP contribution < -0.4 is 5.43 Å². The fourth-order valence-corrected chi connectivity index (χ4v) is 1.09. The standard InChI is InChI=1S/C8H15N3O/c1-2-3-4-5-8(12)11-7-9-6-10-11/h6H,2-5,7H2,1H3,(H,9,10). The Bertz CT molecular complexity index is 171. The second-order valence-electron chi connectivity index (χ2n) is 2.86. The number of hydrazine groups is 1. The zero-order valence-corrected chi connectivity index (χ0v) is 7.42. The number of aliphatic imine (C=N–C) groups is 1. The van der Waals surface area contributed by atoms with Crippen LogP contribution in [0, 0.1) is 0 Å². The van der Waals surface area contributed by atoms with Gasteiger partial charge in [-0.2, -0.15) is 0 Å². The van der Waals surface area contributed by atoms with Crippen LogP contribution in [0.25, 0.3) is 0 Å². The lowest BCUT2D eigenvalue weighted by atomic mass is 10.2. The third kappa shape index (κ3) is 2.53. The first kappa shape index (κ1) is 9.03. The molecule has 1 N–H and O–H groups in total. The highest BCUT2D eigenvalue weighted by molar-refractivity contribution is 5.78. The molecule has 1 rings (SSSR count). The van der Waals surface area contributed by atoms with Crippen molar-refractivity contribution in [2.45, 2.75) is 32.6 Å². The number of amides is 1. The minimum Gasteiger partial charge on any atom is -0.284 e. The van der Waals surface area contributed by atoms with E-state index < -0.39 is 0 Å². The van der Waals surface area contributed by atoms with E-state index in [1.54, 1.807) is 6.34 Å². The molecule has 0 radical (unpaired) electrons. The Morgan fingerprint density at radius 2 is 2.50 bits per heavy atom. The van der Waals surface area contributed by atoms with Gasteiger partial charge in [0.1, 0.15) is 13.0 Å². The van der Waals surface area contributed by atoms with Crippen molar-refractivity contribution in [1.82, 2.24) is 10.4 Å². The highest BCUT2D eigenvalue weighted by Gasteiger charge is 2.13. The van der Waals surface area contributed by atoms with E-state index in [1.807, 2.05) is 0 Å². The normalized spacial score (nSPS) is 14.9. The third-order valence-corrected chi connectivity index (χ3v) is 1.82. The molecule has 4 heteroatoms. The number of carbonyl (C=O) groups excluding carboxylic acids is 1. The molecule has 0 saturated heterocycles. The molecule has 0 spiro atoms. The van der Waals surface area contributed by atoms with E-state index >= 15 is 0 Å². The van der Waals surface area contributed by atoms with Crippen molar-refractivity contribution in [1.29, 1.82) is 0 Å². The molecular formula is C8H15N3O. The summed E-state index contributed by atoms with van der Waals surface area (Å²) in [5, 5.41) is 1.54. The van der Waals surface area contributed by atoms with Crippen molar-refractivity contribution in [3.8, 4) is 0 Å². The van der Waals surface area contributed by atoms with Crippen molar-refractivity contribution < 1.29 is 4.79 Å². The molecule has 0 fully saturated rings. The van der Waals surface area contributed by atoms with Gasteiger partial charge in [-0.15, -0.1) is 0 Å². The molecule has 0 aliphatic carbocycles. The summed E-state index contributed by atoms with van der Waals surface area (Å²) in [5.74, 6) is 0.140. The lowest BCUT2D eigenvalue weighted by Crippen LogP contribution is -2.37. The van der Waals surface area contributed by atoms with E-state index in [0.29, 0.717) is 13.1 Å². The van der Waals surface area contributed by atoms with Crippen LogP contribution in [0.1, 0.15) is 32.6 Å². The zero-order chi connectivity index (χ0) is 8.81. The second-order valence-corrected chi connectivity index (χ2v) is 2.86. The summed E-state index contributed by atoms with van der Waals surface area (Å²) in [5.41, 5.74) is 2.78. The molecule has 0 aromatic heterocycles. The van der Waals surface area contributed by atoms with Gasteiger partial charge < -0.3 is 0 Å². The molecule has 4 nitrogen and oxygen atoms in total. The Kier molecular flexibility index (Phi) is 3.57. The molecule has 0 aromatic carbocycles. The minimum absolute atomic E-state index is 0.140. The van der Waals surface area contributed by atoms with Gasteiger partial charge in [0, 0.05) is 6.42 Å². The maximum Gasteiger partial charge on any atom is 0.242 e. The molecule has 12 heavy (non-hydrogen) atoms. The summed E-state index contributed by atoms with van der Waals surface area (Å²) in [6, 6.07) is 0. The lowest BCUT2D eigenvalue weighted by Gasteiger charge is -2.13. The first-order valence-electron chi connectivity index (χ1n) is 4.39.